The predicted octanol–water partition coefficient (Wildman–Crippen LogP) is 3.12. The number of amides is 1. The molecule has 23 heavy (non-hydrogen) atoms. The van der Waals surface area contributed by atoms with E-state index in [-0.39, 0.29) is 29.7 Å². The van der Waals surface area contributed by atoms with Gasteiger partial charge in [-0.15, -0.1) is 0 Å². The molecule has 0 aliphatic heterocycles. The highest BCUT2D eigenvalue weighted by Crippen LogP contribution is 2.40. The number of thioether (sulfide) groups is 1. The Kier molecular flexibility index (Phi) is 6.90. The fourth-order valence-electron chi connectivity index (χ4n) is 3.15. The molecule has 0 radical (unpaired) electrons. The second-order valence-corrected chi connectivity index (χ2v) is 7.60. The lowest BCUT2D eigenvalue weighted by Gasteiger charge is -2.30. The quantitative estimate of drug-likeness (QED) is 0.765. The maximum Gasteiger partial charge on any atom is 0.230 e. The molecule has 1 aliphatic rings. The van der Waals surface area contributed by atoms with E-state index in [4.69, 9.17) is 5.11 Å². The monoisotopic (exact) mass is 339 g/mol. The SMILES string of the molecule is CC(CO)CSCC(=O)NCC1(c2ccc(F)cc2)CCCC1. The van der Waals surface area contributed by atoms with E-state index >= 15 is 0 Å². The Hall–Kier alpha value is -1.07. The number of carbonyl (C=O) groups excluding carboxylic acids is 1. The molecule has 0 heterocycles. The van der Waals surface area contributed by atoms with Crippen molar-refractivity contribution in [3.05, 3.63) is 35.6 Å². The molecule has 128 valence electrons. The summed E-state index contributed by atoms with van der Waals surface area (Å²) in [5.74, 6) is 1.23. The summed E-state index contributed by atoms with van der Waals surface area (Å²) in [6.45, 7) is 2.74. The lowest BCUT2D eigenvalue weighted by molar-refractivity contribution is -0.118. The van der Waals surface area contributed by atoms with Gasteiger partial charge in [0, 0.05) is 18.6 Å². The van der Waals surface area contributed by atoms with Gasteiger partial charge in [0.1, 0.15) is 5.82 Å². The van der Waals surface area contributed by atoms with Gasteiger partial charge in [0.05, 0.1) is 5.75 Å². The fraction of sp³-hybridized carbons (Fsp3) is 0.611. The number of carbonyl (C=O) groups is 1. The van der Waals surface area contributed by atoms with E-state index in [0.717, 1.165) is 37.0 Å². The normalized spacial score (nSPS) is 17.9. The standard InChI is InChI=1S/C18H26FNO2S/c1-14(10-21)11-23-12-17(22)20-13-18(8-2-3-9-18)15-4-6-16(19)7-5-15/h4-7,14,21H,2-3,8-13H2,1H3,(H,20,22). The van der Waals surface area contributed by atoms with Gasteiger partial charge < -0.3 is 10.4 Å². The third-order valence-electron chi connectivity index (χ3n) is 4.59. The van der Waals surface area contributed by atoms with Crippen LogP contribution < -0.4 is 5.32 Å². The van der Waals surface area contributed by atoms with E-state index in [9.17, 15) is 9.18 Å². The summed E-state index contributed by atoms with van der Waals surface area (Å²) < 4.78 is 13.2. The molecule has 1 saturated carbocycles. The molecule has 0 saturated heterocycles. The van der Waals surface area contributed by atoms with Gasteiger partial charge in [0.2, 0.25) is 5.91 Å². The Morgan fingerprint density at radius 1 is 1.35 bits per heavy atom. The Morgan fingerprint density at radius 3 is 2.61 bits per heavy atom. The van der Waals surface area contributed by atoms with Crippen molar-refractivity contribution in [3.8, 4) is 0 Å². The number of aliphatic hydroxyl groups excluding tert-OH is 1. The zero-order valence-corrected chi connectivity index (χ0v) is 14.5. The number of halogens is 1. The Labute approximate surface area is 142 Å². The van der Waals surface area contributed by atoms with Crippen molar-refractivity contribution in [2.75, 3.05) is 24.7 Å². The zero-order chi connectivity index (χ0) is 16.7. The van der Waals surface area contributed by atoms with Crippen LogP contribution in [-0.4, -0.2) is 35.7 Å². The van der Waals surface area contributed by atoms with Gasteiger partial charge in [-0.1, -0.05) is 31.9 Å². The minimum atomic E-state index is -0.222. The van der Waals surface area contributed by atoms with E-state index in [1.807, 2.05) is 19.1 Å². The summed E-state index contributed by atoms with van der Waals surface area (Å²) in [5, 5.41) is 12.0. The lowest BCUT2D eigenvalue weighted by atomic mass is 9.79. The first-order valence-corrected chi connectivity index (χ1v) is 9.42. The Bertz CT molecular complexity index is 500. The van der Waals surface area contributed by atoms with Gasteiger partial charge in [0.15, 0.2) is 0 Å². The van der Waals surface area contributed by atoms with Crippen molar-refractivity contribution >= 4 is 17.7 Å². The molecule has 1 aromatic carbocycles. The molecule has 1 aromatic rings. The van der Waals surface area contributed by atoms with Crippen LogP contribution in [0.15, 0.2) is 24.3 Å². The van der Waals surface area contributed by atoms with Crippen molar-refractivity contribution in [1.29, 1.82) is 0 Å². The van der Waals surface area contributed by atoms with Gasteiger partial charge in [-0.25, -0.2) is 4.39 Å². The molecule has 0 bridgehead atoms. The van der Waals surface area contributed by atoms with E-state index in [1.54, 1.807) is 11.8 Å². The first-order chi connectivity index (χ1) is 11.1. The summed E-state index contributed by atoms with van der Waals surface area (Å²) in [6, 6.07) is 6.71. The van der Waals surface area contributed by atoms with Crippen molar-refractivity contribution in [2.24, 2.45) is 5.92 Å². The van der Waals surface area contributed by atoms with E-state index in [0.29, 0.717) is 12.3 Å². The molecule has 3 nitrogen and oxygen atoms in total. The number of benzene rings is 1. The van der Waals surface area contributed by atoms with Crippen LogP contribution in [-0.2, 0) is 10.2 Å². The second-order valence-electron chi connectivity index (χ2n) is 6.57. The minimum absolute atomic E-state index is 0.0357. The highest BCUT2D eigenvalue weighted by atomic mass is 32.2. The molecule has 1 amide bonds. The maximum absolute atomic E-state index is 13.2. The zero-order valence-electron chi connectivity index (χ0n) is 13.7. The summed E-state index contributed by atoms with van der Waals surface area (Å²) in [7, 11) is 0. The van der Waals surface area contributed by atoms with Crippen molar-refractivity contribution < 1.29 is 14.3 Å². The van der Waals surface area contributed by atoms with Crippen molar-refractivity contribution in [3.63, 3.8) is 0 Å². The lowest BCUT2D eigenvalue weighted by Crippen LogP contribution is -2.39. The Morgan fingerprint density at radius 2 is 2.00 bits per heavy atom. The molecule has 2 rings (SSSR count). The first-order valence-electron chi connectivity index (χ1n) is 8.27. The molecule has 1 unspecified atom stereocenters. The van der Waals surface area contributed by atoms with Gasteiger partial charge in [-0.2, -0.15) is 11.8 Å². The van der Waals surface area contributed by atoms with Gasteiger partial charge in [-0.3, -0.25) is 4.79 Å². The highest BCUT2D eigenvalue weighted by Gasteiger charge is 2.35. The third kappa shape index (κ3) is 5.21. The van der Waals surface area contributed by atoms with Gasteiger partial charge >= 0.3 is 0 Å². The van der Waals surface area contributed by atoms with E-state index in [1.165, 1.54) is 12.1 Å². The van der Waals surface area contributed by atoms with Gasteiger partial charge in [0.25, 0.3) is 0 Å². The van der Waals surface area contributed by atoms with Gasteiger partial charge in [-0.05, 0) is 42.2 Å². The average Bonchev–Trinajstić information content (AvgIpc) is 3.03. The summed E-state index contributed by atoms with van der Waals surface area (Å²) in [6.07, 6.45) is 4.37. The van der Waals surface area contributed by atoms with Crippen LogP contribution in [0.4, 0.5) is 4.39 Å². The first kappa shape index (κ1) is 18.3. The molecule has 0 aromatic heterocycles. The molecular weight excluding hydrogens is 313 g/mol. The van der Waals surface area contributed by atoms with Crippen LogP contribution in [0.5, 0.6) is 0 Å². The van der Waals surface area contributed by atoms with Crippen LogP contribution in [0.2, 0.25) is 0 Å². The molecule has 1 atom stereocenters. The summed E-state index contributed by atoms with van der Waals surface area (Å²) in [5.41, 5.74) is 1.07. The largest absolute Gasteiger partial charge is 0.396 e. The summed E-state index contributed by atoms with van der Waals surface area (Å²) in [4.78, 5) is 12.0. The third-order valence-corrected chi connectivity index (χ3v) is 5.86. The molecular formula is C18H26FNO2S. The Balaban J connectivity index is 1.87. The van der Waals surface area contributed by atoms with Crippen LogP contribution in [0, 0.1) is 11.7 Å². The number of hydrogen-bond donors (Lipinski definition) is 2. The second kappa shape index (κ2) is 8.69. The number of hydrogen-bond acceptors (Lipinski definition) is 3. The average molecular weight is 339 g/mol. The number of nitrogens with one attached hydrogen (secondary N) is 1. The molecule has 2 N–H and O–H groups in total. The van der Waals surface area contributed by atoms with E-state index < -0.39 is 0 Å². The number of aliphatic hydroxyl groups is 1. The van der Waals surface area contributed by atoms with Crippen LogP contribution in [0.25, 0.3) is 0 Å². The van der Waals surface area contributed by atoms with E-state index in [2.05, 4.69) is 5.32 Å². The summed E-state index contributed by atoms with van der Waals surface area (Å²) >= 11 is 1.55. The molecule has 0 spiro atoms. The maximum atomic E-state index is 13.2. The minimum Gasteiger partial charge on any atom is -0.396 e. The topological polar surface area (TPSA) is 49.3 Å². The fourth-order valence-corrected chi connectivity index (χ4v) is 4.06. The van der Waals surface area contributed by atoms with Crippen molar-refractivity contribution in [2.45, 2.75) is 38.0 Å². The molecule has 5 heteroatoms. The van der Waals surface area contributed by atoms with Crippen LogP contribution in [0.3, 0.4) is 0 Å². The molecule has 1 fully saturated rings. The van der Waals surface area contributed by atoms with Crippen LogP contribution in [0.1, 0.15) is 38.2 Å². The predicted molar refractivity (Wildman–Crippen MR) is 93.1 cm³/mol. The molecule has 1 aliphatic carbocycles. The number of rotatable bonds is 8. The smallest absolute Gasteiger partial charge is 0.230 e. The van der Waals surface area contributed by atoms with Crippen molar-refractivity contribution in [1.82, 2.24) is 5.32 Å². The van der Waals surface area contributed by atoms with Crippen LogP contribution >= 0.6 is 11.8 Å². The highest BCUT2D eigenvalue weighted by molar-refractivity contribution is 7.99.